The third-order valence-electron chi connectivity index (χ3n) is 2.83. The first kappa shape index (κ1) is 16.3. The van der Waals surface area contributed by atoms with Crippen LogP contribution in [0.25, 0.3) is 0 Å². The highest BCUT2D eigenvalue weighted by Gasteiger charge is 2.18. The van der Waals surface area contributed by atoms with Crippen LogP contribution in [0.15, 0.2) is 39.9 Å². The number of hydrogen-bond acceptors (Lipinski definition) is 5. The van der Waals surface area contributed by atoms with Crippen LogP contribution in [-0.2, 0) is 10.0 Å². The lowest BCUT2D eigenvalue weighted by Crippen LogP contribution is -2.28. The SMILES string of the molecule is COc1ccc(S(=O)(=O)NCC(O)c2ccsc2)cc1Cl. The number of rotatable bonds is 6. The number of hydrogen-bond donors (Lipinski definition) is 2. The molecule has 1 heterocycles. The number of aliphatic hydroxyl groups is 1. The highest BCUT2D eigenvalue weighted by Crippen LogP contribution is 2.27. The third kappa shape index (κ3) is 3.96. The first-order valence-corrected chi connectivity index (χ1v) is 8.78. The molecule has 0 aliphatic heterocycles. The minimum atomic E-state index is -3.74. The van der Waals surface area contributed by atoms with E-state index in [-0.39, 0.29) is 16.5 Å². The number of benzene rings is 1. The lowest BCUT2D eigenvalue weighted by molar-refractivity contribution is 0.182. The first-order chi connectivity index (χ1) is 9.94. The van der Waals surface area contributed by atoms with Crippen LogP contribution in [-0.4, -0.2) is 27.2 Å². The minimum absolute atomic E-state index is 0.0193. The highest BCUT2D eigenvalue weighted by atomic mass is 35.5. The fourth-order valence-corrected chi connectivity index (χ4v) is 3.76. The summed E-state index contributed by atoms with van der Waals surface area (Å²) in [4.78, 5) is 0.0193. The smallest absolute Gasteiger partial charge is 0.240 e. The van der Waals surface area contributed by atoms with Gasteiger partial charge in [0.2, 0.25) is 10.0 Å². The van der Waals surface area contributed by atoms with E-state index in [1.807, 2.05) is 5.38 Å². The molecule has 0 saturated heterocycles. The number of halogens is 1. The largest absolute Gasteiger partial charge is 0.495 e. The van der Waals surface area contributed by atoms with Crippen LogP contribution in [0.2, 0.25) is 5.02 Å². The summed E-state index contributed by atoms with van der Waals surface area (Å²) < 4.78 is 31.6. The number of thiophene rings is 1. The summed E-state index contributed by atoms with van der Waals surface area (Å²) in [7, 11) is -2.29. The topological polar surface area (TPSA) is 75.6 Å². The van der Waals surface area contributed by atoms with Crippen LogP contribution in [0.4, 0.5) is 0 Å². The lowest BCUT2D eigenvalue weighted by atomic mass is 10.2. The average molecular weight is 348 g/mol. The van der Waals surface area contributed by atoms with Gasteiger partial charge in [0.1, 0.15) is 5.75 Å². The van der Waals surface area contributed by atoms with Crippen molar-refractivity contribution < 1.29 is 18.3 Å². The molecule has 0 aliphatic carbocycles. The van der Waals surface area contributed by atoms with Crippen molar-refractivity contribution in [3.05, 3.63) is 45.6 Å². The molecule has 0 saturated carbocycles. The molecule has 8 heteroatoms. The molecule has 2 N–H and O–H groups in total. The number of ether oxygens (including phenoxy) is 1. The molecule has 0 spiro atoms. The second-order valence-corrected chi connectivity index (χ2v) is 7.17. The number of aliphatic hydroxyl groups excluding tert-OH is 1. The summed E-state index contributed by atoms with van der Waals surface area (Å²) in [6, 6.07) is 5.92. The van der Waals surface area contributed by atoms with E-state index in [0.717, 1.165) is 0 Å². The van der Waals surface area contributed by atoms with Gasteiger partial charge in [-0.3, -0.25) is 0 Å². The summed E-state index contributed by atoms with van der Waals surface area (Å²) in [6.45, 7) is -0.108. The Kier molecular flexibility index (Phi) is 5.23. The molecule has 1 atom stereocenters. The van der Waals surface area contributed by atoms with Gasteiger partial charge in [-0.25, -0.2) is 13.1 Å². The van der Waals surface area contributed by atoms with E-state index in [1.165, 1.54) is 36.6 Å². The Labute approximate surface area is 132 Å². The zero-order valence-corrected chi connectivity index (χ0v) is 13.5. The summed E-state index contributed by atoms with van der Waals surface area (Å²) in [5.41, 5.74) is 0.676. The predicted molar refractivity (Wildman–Crippen MR) is 82.5 cm³/mol. The summed E-state index contributed by atoms with van der Waals surface area (Å²) in [5.74, 6) is 0.397. The minimum Gasteiger partial charge on any atom is -0.495 e. The van der Waals surface area contributed by atoms with Gasteiger partial charge in [-0.05, 0) is 40.6 Å². The average Bonchev–Trinajstić information content (AvgIpc) is 2.99. The van der Waals surface area contributed by atoms with Crippen molar-refractivity contribution in [3.63, 3.8) is 0 Å². The Morgan fingerprint density at radius 3 is 2.76 bits per heavy atom. The van der Waals surface area contributed by atoms with Crippen LogP contribution in [0.3, 0.4) is 0 Å². The van der Waals surface area contributed by atoms with Gasteiger partial charge < -0.3 is 9.84 Å². The maximum atomic E-state index is 12.1. The van der Waals surface area contributed by atoms with Gasteiger partial charge in [-0.15, -0.1) is 0 Å². The quantitative estimate of drug-likeness (QED) is 0.841. The second-order valence-electron chi connectivity index (χ2n) is 4.22. The summed E-state index contributed by atoms with van der Waals surface area (Å²) >= 11 is 7.35. The maximum Gasteiger partial charge on any atom is 0.240 e. The van der Waals surface area contributed by atoms with E-state index in [0.29, 0.717) is 11.3 Å². The van der Waals surface area contributed by atoms with E-state index in [2.05, 4.69) is 4.72 Å². The Hall–Kier alpha value is -1.12. The zero-order valence-electron chi connectivity index (χ0n) is 11.1. The molecule has 0 amide bonds. The lowest BCUT2D eigenvalue weighted by Gasteiger charge is -2.12. The van der Waals surface area contributed by atoms with E-state index in [9.17, 15) is 13.5 Å². The molecule has 2 aromatic rings. The first-order valence-electron chi connectivity index (χ1n) is 5.97. The monoisotopic (exact) mass is 347 g/mol. The van der Waals surface area contributed by atoms with Crippen molar-refractivity contribution in [1.82, 2.24) is 4.72 Å². The van der Waals surface area contributed by atoms with Crippen molar-refractivity contribution in [2.75, 3.05) is 13.7 Å². The normalized spacial score (nSPS) is 13.1. The van der Waals surface area contributed by atoms with Crippen LogP contribution >= 0.6 is 22.9 Å². The Morgan fingerprint density at radius 2 is 2.19 bits per heavy atom. The maximum absolute atomic E-state index is 12.1. The van der Waals surface area contributed by atoms with Gasteiger partial charge in [0.15, 0.2) is 0 Å². The summed E-state index contributed by atoms with van der Waals surface area (Å²) in [5, 5.41) is 13.7. The van der Waals surface area contributed by atoms with Crippen molar-refractivity contribution in [3.8, 4) is 5.75 Å². The molecule has 114 valence electrons. The van der Waals surface area contributed by atoms with Crippen molar-refractivity contribution >= 4 is 33.0 Å². The predicted octanol–water partition coefficient (Wildman–Crippen LogP) is 2.42. The van der Waals surface area contributed by atoms with Gasteiger partial charge in [-0.2, -0.15) is 11.3 Å². The van der Waals surface area contributed by atoms with Crippen molar-refractivity contribution in [2.45, 2.75) is 11.0 Å². The molecule has 0 fully saturated rings. The van der Waals surface area contributed by atoms with Gasteiger partial charge in [-0.1, -0.05) is 11.6 Å². The fraction of sp³-hybridized carbons (Fsp3) is 0.231. The molecule has 1 unspecified atom stereocenters. The molecule has 0 bridgehead atoms. The molecule has 0 aliphatic rings. The second kappa shape index (κ2) is 6.76. The van der Waals surface area contributed by atoms with E-state index < -0.39 is 16.1 Å². The molecule has 5 nitrogen and oxygen atoms in total. The van der Waals surface area contributed by atoms with Crippen molar-refractivity contribution in [1.29, 1.82) is 0 Å². The standard InChI is InChI=1S/C13H14ClNO4S2/c1-19-13-3-2-10(6-11(13)14)21(17,18)15-7-12(16)9-4-5-20-8-9/h2-6,8,12,15-16H,7H2,1H3. The molecule has 1 aromatic carbocycles. The van der Waals surface area contributed by atoms with Gasteiger partial charge in [0.05, 0.1) is 23.1 Å². The molecular weight excluding hydrogens is 334 g/mol. The van der Waals surface area contributed by atoms with Crippen LogP contribution < -0.4 is 9.46 Å². The van der Waals surface area contributed by atoms with Gasteiger partial charge in [0, 0.05) is 6.54 Å². The number of sulfonamides is 1. The zero-order chi connectivity index (χ0) is 15.5. The van der Waals surface area contributed by atoms with E-state index in [4.69, 9.17) is 16.3 Å². The van der Waals surface area contributed by atoms with E-state index >= 15 is 0 Å². The Balaban J connectivity index is 2.10. The van der Waals surface area contributed by atoms with Gasteiger partial charge in [0.25, 0.3) is 0 Å². The van der Waals surface area contributed by atoms with Crippen LogP contribution in [0.1, 0.15) is 11.7 Å². The van der Waals surface area contributed by atoms with Crippen LogP contribution in [0.5, 0.6) is 5.75 Å². The van der Waals surface area contributed by atoms with Crippen LogP contribution in [0, 0.1) is 0 Å². The summed E-state index contributed by atoms with van der Waals surface area (Å²) in [6.07, 6.45) is -0.889. The molecule has 21 heavy (non-hydrogen) atoms. The Morgan fingerprint density at radius 1 is 1.43 bits per heavy atom. The van der Waals surface area contributed by atoms with Crippen molar-refractivity contribution in [2.24, 2.45) is 0 Å². The molecular formula is C13H14ClNO4S2. The highest BCUT2D eigenvalue weighted by molar-refractivity contribution is 7.89. The number of methoxy groups -OCH3 is 1. The molecule has 1 aromatic heterocycles. The molecule has 2 rings (SSSR count). The van der Waals surface area contributed by atoms with E-state index in [1.54, 1.807) is 11.4 Å². The fourth-order valence-electron chi connectivity index (χ4n) is 1.67. The number of nitrogens with one attached hydrogen (secondary N) is 1. The van der Waals surface area contributed by atoms with Gasteiger partial charge >= 0.3 is 0 Å². The Bertz CT molecular complexity index is 701. The molecule has 0 radical (unpaired) electrons. The third-order valence-corrected chi connectivity index (χ3v) is 5.25.